The zero-order valence-electron chi connectivity index (χ0n) is 14.2. The van der Waals surface area contributed by atoms with Crippen LogP contribution in [-0.2, 0) is 11.3 Å². The molecule has 0 aliphatic carbocycles. The molecule has 0 spiro atoms. The van der Waals surface area contributed by atoms with Crippen molar-refractivity contribution in [1.29, 1.82) is 0 Å². The van der Waals surface area contributed by atoms with E-state index in [0.717, 1.165) is 54.8 Å². The third-order valence-corrected chi connectivity index (χ3v) is 5.87. The molecule has 1 aliphatic rings. The zero-order chi connectivity index (χ0) is 17.5. The van der Waals surface area contributed by atoms with Crippen LogP contribution < -0.4 is 0 Å². The van der Waals surface area contributed by atoms with Gasteiger partial charge in [0.2, 0.25) is 0 Å². The number of fused-ring (bicyclic) bond motifs is 3. The first-order valence-corrected chi connectivity index (χ1v) is 9.56. The molecule has 3 heterocycles. The molecule has 0 amide bonds. The first-order valence-electron chi connectivity index (χ1n) is 8.74. The maximum absolute atomic E-state index is 13.4. The maximum atomic E-state index is 13.4. The Morgan fingerprint density at radius 1 is 1.04 bits per heavy atom. The molecule has 26 heavy (non-hydrogen) atoms. The molecule has 0 radical (unpaired) electrons. The number of imidazole rings is 1. The van der Waals surface area contributed by atoms with Crippen molar-refractivity contribution >= 4 is 26.5 Å². The first-order chi connectivity index (χ1) is 12.8. The molecule has 1 aliphatic heterocycles. The van der Waals surface area contributed by atoms with E-state index in [1.165, 1.54) is 22.3 Å². The number of morpholine rings is 1. The van der Waals surface area contributed by atoms with E-state index in [-0.39, 0.29) is 5.82 Å². The van der Waals surface area contributed by atoms with Crippen LogP contribution in [0.25, 0.3) is 26.4 Å². The topological polar surface area (TPSA) is 29.8 Å². The molecule has 1 fully saturated rings. The fourth-order valence-corrected chi connectivity index (χ4v) is 4.57. The molecule has 0 bridgehead atoms. The summed E-state index contributed by atoms with van der Waals surface area (Å²) in [5, 5.41) is 0. The Morgan fingerprint density at radius 2 is 1.81 bits per heavy atom. The summed E-state index contributed by atoms with van der Waals surface area (Å²) in [6.45, 7) is 4.16. The zero-order valence-corrected chi connectivity index (χ0v) is 15.0. The molecule has 4 nitrogen and oxygen atoms in total. The normalized spacial score (nSPS) is 15.9. The van der Waals surface area contributed by atoms with Crippen LogP contribution in [0.2, 0.25) is 0 Å². The van der Waals surface area contributed by atoms with Crippen LogP contribution in [0.4, 0.5) is 4.39 Å². The summed E-state index contributed by atoms with van der Waals surface area (Å²) in [6.07, 6.45) is 0. The Balaban J connectivity index is 1.70. The van der Waals surface area contributed by atoms with Crippen molar-refractivity contribution in [2.75, 3.05) is 26.3 Å². The number of thiazole rings is 1. The number of hydrogen-bond acceptors (Lipinski definition) is 4. The average molecular weight is 367 g/mol. The summed E-state index contributed by atoms with van der Waals surface area (Å²) < 4.78 is 22.4. The van der Waals surface area contributed by atoms with Crippen LogP contribution >= 0.6 is 11.3 Å². The van der Waals surface area contributed by atoms with Gasteiger partial charge in [-0.1, -0.05) is 23.5 Å². The number of rotatable bonds is 3. The quantitative estimate of drug-likeness (QED) is 0.544. The second-order valence-electron chi connectivity index (χ2n) is 6.49. The van der Waals surface area contributed by atoms with E-state index in [1.54, 1.807) is 11.3 Å². The van der Waals surface area contributed by atoms with Gasteiger partial charge in [0.25, 0.3) is 0 Å². The molecule has 132 valence electrons. The molecule has 2 aromatic heterocycles. The lowest BCUT2D eigenvalue weighted by atomic mass is 10.1. The van der Waals surface area contributed by atoms with E-state index < -0.39 is 0 Å². The van der Waals surface area contributed by atoms with Crippen molar-refractivity contribution in [3.63, 3.8) is 0 Å². The highest BCUT2D eigenvalue weighted by Gasteiger charge is 2.21. The molecule has 0 saturated carbocycles. The van der Waals surface area contributed by atoms with Crippen molar-refractivity contribution in [1.82, 2.24) is 14.3 Å². The van der Waals surface area contributed by atoms with E-state index in [9.17, 15) is 4.39 Å². The standard InChI is InChI=1S/C20H18FN3OS/c21-15-7-5-14(6-8-15)19-17(13-23-9-11-25-12-10-23)24-16-3-1-2-4-18(16)26-20(24)22-19/h1-8H,9-13H2. The number of ether oxygens (including phenoxy) is 1. The second kappa shape index (κ2) is 6.46. The molecular weight excluding hydrogens is 349 g/mol. The van der Waals surface area contributed by atoms with Gasteiger partial charge in [-0.3, -0.25) is 9.30 Å². The SMILES string of the molecule is Fc1ccc(-c2nc3sc4ccccc4n3c2CN2CCOCC2)cc1. The number of nitrogens with zero attached hydrogens (tertiary/aromatic N) is 3. The van der Waals surface area contributed by atoms with Gasteiger partial charge < -0.3 is 4.74 Å². The minimum Gasteiger partial charge on any atom is -0.379 e. The second-order valence-corrected chi connectivity index (χ2v) is 7.50. The van der Waals surface area contributed by atoms with Crippen molar-refractivity contribution in [3.05, 3.63) is 60.0 Å². The van der Waals surface area contributed by atoms with Crippen LogP contribution in [-0.4, -0.2) is 40.6 Å². The number of halogens is 1. The highest BCUT2D eigenvalue weighted by atomic mass is 32.1. The number of hydrogen-bond donors (Lipinski definition) is 0. The van der Waals surface area contributed by atoms with E-state index in [1.807, 2.05) is 12.1 Å². The van der Waals surface area contributed by atoms with Crippen molar-refractivity contribution in [3.8, 4) is 11.3 Å². The molecule has 0 N–H and O–H groups in total. The van der Waals surface area contributed by atoms with Crippen LogP contribution in [0.1, 0.15) is 5.69 Å². The average Bonchev–Trinajstić information content (AvgIpc) is 3.20. The summed E-state index contributed by atoms with van der Waals surface area (Å²) >= 11 is 1.69. The van der Waals surface area contributed by atoms with Gasteiger partial charge in [-0.25, -0.2) is 9.37 Å². The summed E-state index contributed by atoms with van der Waals surface area (Å²) in [5.41, 5.74) is 4.23. The van der Waals surface area contributed by atoms with Gasteiger partial charge in [0.1, 0.15) is 5.82 Å². The Labute approximate surface area is 154 Å². The van der Waals surface area contributed by atoms with E-state index in [0.29, 0.717) is 0 Å². The lowest BCUT2D eigenvalue weighted by Crippen LogP contribution is -2.36. The molecular formula is C20H18FN3OS. The smallest absolute Gasteiger partial charge is 0.195 e. The van der Waals surface area contributed by atoms with Gasteiger partial charge in [0.05, 0.1) is 34.8 Å². The van der Waals surface area contributed by atoms with E-state index >= 15 is 0 Å². The number of para-hydroxylation sites is 1. The molecule has 1 saturated heterocycles. The van der Waals surface area contributed by atoms with Crippen LogP contribution in [0.15, 0.2) is 48.5 Å². The molecule has 0 unspecified atom stereocenters. The van der Waals surface area contributed by atoms with Crippen LogP contribution in [0.5, 0.6) is 0 Å². The molecule has 5 rings (SSSR count). The Hall–Kier alpha value is -2.28. The molecule has 2 aromatic carbocycles. The summed E-state index contributed by atoms with van der Waals surface area (Å²) in [4.78, 5) is 8.29. The van der Waals surface area contributed by atoms with E-state index in [4.69, 9.17) is 9.72 Å². The summed E-state index contributed by atoms with van der Waals surface area (Å²) in [6, 6.07) is 15.0. The Kier molecular flexibility index (Phi) is 3.96. The largest absolute Gasteiger partial charge is 0.379 e. The van der Waals surface area contributed by atoms with Crippen LogP contribution in [0, 0.1) is 5.82 Å². The molecule has 6 heteroatoms. The predicted octanol–water partition coefficient (Wildman–Crippen LogP) is 4.19. The third kappa shape index (κ3) is 2.70. The van der Waals surface area contributed by atoms with Gasteiger partial charge in [-0.2, -0.15) is 0 Å². The highest BCUT2D eigenvalue weighted by molar-refractivity contribution is 7.23. The summed E-state index contributed by atoms with van der Waals surface area (Å²) in [7, 11) is 0. The Bertz CT molecular complexity index is 1060. The number of aromatic nitrogens is 2. The minimum absolute atomic E-state index is 0.227. The minimum atomic E-state index is -0.227. The van der Waals surface area contributed by atoms with Gasteiger partial charge in [0, 0.05) is 25.2 Å². The lowest BCUT2D eigenvalue weighted by molar-refractivity contribution is 0.0336. The fourth-order valence-electron chi connectivity index (χ4n) is 3.53. The molecule has 0 atom stereocenters. The number of benzene rings is 2. The van der Waals surface area contributed by atoms with Gasteiger partial charge >= 0.3 is 0 Å². The Morgan fingerprint density at radius 3 is 2.62 bits per heavy atom. The summed E-state index contributed by atoms with van der Waals surface area (Å²) in [5.74, 6) is -0.227. The third-order valence-electron chi connectivity index (χ3n) is 4.84. The van der Waals surface area contributed by atoms with E-state index in [2.05, 4.69) is 33.6 Å². The molecule has 4 aromatic rings. The maximum Gasteiger partial charge on any atom is 0.195 e. The predicted molar refractivity (Wildman–Crippen MR) is 102 cm³/mol. The lowest BCUT2D eigenvalue weighted by Gasteiger charge is -2.26. The van der Waals surface area contributed by atoms with Crippen LogP contribution in [0.3, 0.4) is 0 Å². The van der Waals surface area contributed by atoms with Gasteiger partial charge in [-0.15, -0.1) is 0 Å². The van der Waals surface area contributed by atoms with Crippen molar-refractivity contribution < 1.29 is 9.13 Å². The van der Waals surface area contributed by atoms with Crippen molar-refractivity contribution in [2.45, 2.75) is 6.54 Å². The first kappa shape index (κ1) is 15.9. The van der Waals surface area contributed by atoms with Gasteiger partial charge in [-0.05, 0) is 36.4 Å². The fraction of sp³-hybridized carbons (Fsp3) is 0.250. The highest BCUT2D eigenvalue weighted by Crippen LogP contribution is 2.33. The monoisotopic (exact) mass is 367 g/mol. The van der Waals surface area contributed by atoms with Gasteiger partial charge in [0.15, 0.2) is 4.96 Å². The van der Waals surface area contributed by atoms with Crippen molar-refractivity contribution in [2.24, 2.45) is 0 Å².